The molecule has 2 aliphatic rings. The van der Waals surface area contributed by atoms with E-state index in [9.17, 15) is 0 Å². The molecule has 1 unspecified atom stereocenters. The molecule has 2 rings (SSSR count). The molecule has 0 aromatic rings. The first-order valence-corrected chi connectivity index (χ1v) is 7.29. The minimum atomic E-state index is 0.430. The van der Waals surface area contributed by atoms with Gasteiger partial charge in [-0.05, 0) is 26.2 Å². The van der Waals surface area contributed by atoms with Gasteiger partial charge in [-0.15, -0.1) is 0 Å². The normalized spacial score (nSPS) is 29.4. The van der Waals surface area contributed by atoms with E-state index in [1.54, 1.807) is 0 Å². The van der Waals surface area contributed by atoms with Crippen molar-refractivity contribution in [3.05, 3.63) is 12.2 Å². The number of rotatable bonds is 3. The Morgan fingerprint density at radius 3 is 2.65 bits per heavy atom. The number of piperazine rings is 1. The molecular weight excluding hydrogens is 208 g/mol. The number of nitrogens with one attached hydrogen (secondary N) is 1. The first-order chi connectivity index (χ1) is 8.15. The second-order valence-electron chi connectivity index (χ2n) is 6.15. The highest BCUT2D eigenvalue weighted by atomic mass is 15.3. The van der Waals surface area contributed by atoms with E-state index in [4.69, 9.17) is 0 Å². The van der Waals surface area contributed by atoms with Gasteiger partial charge in [0.1, 0.15) is 0 Å². The molecule has 1 atom stereocenters. The van der Waals surface area contributed by atoms with Crippen LogP contribution in [0.15, 0.2) is 12.2 Å². The molecule has 0 amide bonds. The smallest absolute Gasteiger partial charge is 0.0309 e. The lowest BCUT2D eigenvalue weighted by atomic mass is 9.79. The summed E-state index contributed by atoms with van der Waals surface area (Å²) in [5.74, 6) is 0. The topological polar surface area (TPSA) is 15.3 Å². The van der Waals surface area contributed by atoms with Crippen LogP contribution in [0.2, 0.25) is 0 Å². The molecule has 0 bridgehead atoms. The van der Waals surface area contributed by atoms with Crippen molar-refractivity contribution in [3.63, 3.8) is 0 Å². The summed E-state index contributed by atoms with van der Waals surface area (Å²) in [4.78, 5) is 2.67. The van der Waals surface area contributed by atoms with Crippen molar-refractivity contribution in [1.82, 2.24) is 10.2 Å². The highest BCUT2D eigenvalue weighted by Gasteiger charge is 2.38. The van der Waals surface area contributed by atoms with Gasteiger partial charge in [0.05, 0.1) is 0 Å². The van der Waals surface area contributed by atoms with E-state index in [0.29, 0.717) is 11.6 Å². The quantitative estimate of drug-likeness (QED) is 0.758. The number of hydrogen-bond acceptors (Lipinski definition) is 2. The van der Waals surface area contributed by atoms with Crippen molar-refractivity contribution in [2.24, 2.45) is 0 Å². The summed E-state index contributed by atoms with van der Waals surface area (Å²) in [7, 11) is 0. The summed E-state index contributed by atoms with van der Waals surface area (Å²) in [6.07, 6.45) is 8.24. The molecule has 1 saturated carbocycles. The molecule has 98 valence electrons. The van der Waals surface area contributed by atoms with Crippen molar-refractivity contribution >= 4 is 0 Å². The largest absolute Gasteiger partial charge is 0.308 e. The molecular formula is C15H28N2. The van der Waals surface area contributed by atoms with Crippen LogP contribution in [0, 0.1) is 0 Å². The Kier molecular flexibility index (Phi) is 4.26. The Morgan fingerprint density at radius 1 is 1.35 bits per heavy atom. The SMILES string of the molecule is C=C(C)CN1CC2(CCCCC2)NCC1CC. The van der Waals surface area contributed by atoms with Crippen LogP contribution < -0.4 is 5.32 Å². The Balaban J connectivity index is 2.02. The van der Waals surface area contributed by atoms with Crippen molar-refractivity contribution in [3.8, 4) is 0 Å². The van der Waals surface area contributed by atoms with Gasteiger partial charge < -0.3 is 5.32 Å². The Labute approximate surface area is 106 Å². The minimum Gasteiger partial charge on any atom is -0.308 e. The van der Waals surface area contributed by atoms with E-state index in [1.165, 1.54) is 57.2 Å². The van der Waals surface area contributed by atoms with Gasteiger partial charge in [-0.1, -0.05) is 38.3 Å². The molecule has 17 heavy (non-hydrogen) atoms. The first kappa shape index (κ1) is 13.1. The van der Waals surface area contributed by atoms with E-state index in [1.807, 2.05) is 0 Å². The van der Waals surface area contributed by atoms with Gasteiger partial charge in [0, 0.05) is 31.2 Å². The predicted octanol–water partition coefficient (Wildman–Crippen LogP) is 2.95. The van der Waals surface area contributed by atoms with Crippen LogP contribution in [0.5, 0.6) is 0 Å². The predicted molar refractivity (Wildman–Crippen MR) is 74.3 cm³/mol. The van der Waals surface area contributed by atoms with E-state index in [-0.39, 0.29) is 0 Å². The zero-order chi connectivity index (χ0) is 12.3. The van der Waals surface area contributed by atoms with Gasteiger partial charge >= 0.3 is 0 Å². The highest BCUT2D eigenvalue weighted by Crippen LogP contribution is 2.32. The second kappa shape index (κ2) is 5.53. The maximum absolute atomic E-state index is 4.09. The lowest BCUT2D eigenvalue weighted by Gasteiger charge is -2.49. The molecule has 0 aromatic heterocycles. The van der Waals surface area contributed by atoms with E-state index < -0.39 is 0 Å². The Bertz CT molecular complexity index is 266. The van der Waals surface area contributed by atoms with Gasteiger partial charge in [-0.3, -0.25) is 4.90 Å². The van der Waals surface area contributed by atoms with Crippen molar-refractivity contribution < 1.29 is 0 Å². The number of hydrogen-bond donors (Lipinski definition) is 1. The Hall–Kier alpha value is -0.340. The molecule has 1 N–H and O–H groups in total. The van der Waals surface area contributed by atoms with Crippen molar-refractivity contribution in [1.29, 1.82) is 0 Å². The molecule has 1 heterocycles. The van der Waals surface area contributed by atoms with Gasteiger partial charge in [-0.2, -0.15) is 0 Å². The lowest BCUT2D eigenvalue weighted by molar-refractivity contribution is 0.0611. The molecule has 1 saturated heterocycles. The zero-order valence-corrected chi connectivity index (χ0v) is 11.6. The van der Waals surface area contributed by atoms with Crippen LogP contribution in [0.1, 0.15) is 52.4 Å². The maximum Gasteiger partial charge on any atom is 0.0309 e. The maximum atomic E-state index is 4.09. The third kappa shape index (κ3) is 3.11. The summed E-state index contributed by atoms with van der Waals surface area (Å²) in [5, 5.41) is 3.87. The number of nitrogens with zero attached hydrogens (tertiary/aromatic N) is 1. The summed E-state index contributed by atoms with van der Waals surface area (Å²) >= 11 is 0. The molecule has 1 spiro atoms. The molecule has 0 aromatic carbocycles. The fraction of sp³-hybridized carbons (Fsp3) is 0.867. The zero-order valence-electron chi connectivity index (χ0n) is 11.6. The van der Waals surface area contributed by atoms with Gasteiger partial charge in [-0.25, -0.2) is 0 Å². The van der Waals surface area contributed by atoms with Crippen LogP contribution >= 0.6 is 0 Å². The molecule has 1 aliphatic heterocycles. The monoisotopic (exact) mass is 236 g/mol. The molecule has 2 heteroatoms. The van der Waals surface area contributed by atoms with Crippen LogP contribution in [-0.4, -0.2) is 36.1 Å². The summed E-state index contributed by atoms with van der Waals surface area (Å²) in [5.41, 5.74) is 1.73. The van der Waals surface area contributed by atoms with Crippen LogP contribution in [-0.2, 0) is 0 Å². The fourth-order valence-corrected chi connectivity index (χ4v) is 3.53. The molecule has 2 fully saturated rings. The highest BCUT2D eigenvalue weighted by molar-refractivity contribution is 5.03. The summed E-state index contributed by atoms with van der Waals surface area (Å²) in [6, 6.07) is 0.708. The fourth-order valence-electron chi connectivity index (χ4n) is 3.53. The first-order valence-electron chi connectivity index (χ1n) is 7.29. The summed E-state index contributed by atoms with van der Waals surface area (Å²) in [6.45, 7) is 12.0. The lowest BCUT2D eigenvalue weighted by Crippen LogP contribution is -2.64. The van der Waals surface area contributed by atoms with Crippen LogP contribution in [0.4, 0.5) is 0 Å². The van der Waals surface area contributed by atoms with E-state index in [2.05, 4.69) is 30.6 Å². The van der Waals surface area contributed by atoms with Crippen LogP contribution in [0.25, 0.3) is 0 Å². The third-order valence-corrected chi connectivity index (χ3v) is 4.49. The standard InChI is InChI=1S/C15H28N2/c1-4-14-10-16-15(8-6-5-7-9-15)12-17(14)11-13(2)3/h14,16H,2,4-12H2,1,3H3. The summed E-state index contributed by atoms with van der Waals surface area (Å²) < 4.78 is 0. The van der Waals surface area contributed by atoms with Gasteiger partial charge in [0.15, 0.2) is 0 Å². The van der Waals surface area contributed by atoms with Crippen molar-refractivity contribution in [2.45, 2.75) is 64.0 Å². The van der Waals surface area contributed by atoms with Crippen LogP contribution in [0.3, 0.4) is 0 Å². The van der Waals surface area contributed by atoms with Crippen molar-refractivity contribution in [2.75, 3.05) is 19.6 Å². The second-order valence-corrected chi connectivity index (χ2v) is 6.15. The molecule has 1 aliphatic carbocycles. The molecule has 2 nitrogen and oxygen atoms in total. The Morgan fingerprint density at radius 2 is 2.06 bits per heavy atom. The van der Waals surface area contributed by atoms with Gasteiger partial charge in [0.25, 0.3) is 0 Å². The average Bonchev–Trinajstić information content (AvgIpc) is 2.30. The van der Waals surface area contributed by atoms with E-state index in [0.717, 1.165) is 6.54 Å². The third-order valence-electron chi connectivity index (χ3n) is 4.49. The molecule has 0 radical (unpaired) electrons. The minimum absolute atomic E-state index is 0.430. The van der Waals surface area contributed by atoms with Gasteiger partial charge in [0.2, 0.25) is 0 Å². The van der Waals surface area contributed by atoms with E-state index >= 15 is 0 Å². The average molecular weight is 236 g/mol.